The van der Waals surface area contributed by atoms with E-state index in [2.05, 4.69) is 13.6 Å². The summed E-state index contributed by atoms with van der Waals surface area (Å²) < 4.78 is 42.3. The molecule has 0 aliphatic heterocycles. The second-order valence-corrected chi connectivity index (χ2v) is 8.75. The minimum Gasteiger partial charge on any atom is -0.303 e. The van der Waals surface area contributed by atoms with Crippen molar-refractivity contribution in [2.24, 2.45) is 0 Å². The minimum atomic E-state index is -4.20. The van der Waals surface area contributed by atoms with Crippen LogP contribution in [0.15, 0.2) is 0 Å². The van der Waals surface area contributed by atoms with Crippen LogP contribution in [-0.4, -0.2) is 49.2 Å². The van der Waals surface area contributed by atoms with E-state index in [1.807, 2.05) is 20.8 Å². The molecule has 0 radical (unpaired) electrons. The molecular formula is C12H39O12P5. The predicted molar refractivity (Wildman–Crippen MR) is 121 cm³/mol. The van der Waals surface area contributed by atoms with Crippen molar-refractivity contribution in [3.05, 3.63) is 0 Å². The lowest BCUT2D eigenvalue weighted by atomic mass is 10.4. The van der Waals surface area contributed by atoms with Crippen LogP contribution in [0.3, 0.4) is 0 Å². The Morgan fingerprint density at radius 1 is 0.517 bits per heavy atom. The van der Waals surface area contributed by atoms with Gasteiger partial charge in [-0.05, 0) is 19.3 Å². The molecule has 2 unspecified atom stereocenters. The van der Waals surface area contributed by atoms with Crippen LogP contribution < -0.4 is 0 Å². The highest BCUT2D eigenvalue weighted by atomic mass is 31.2. The summed E-state index contributed by atoms with van der Waals surface area (Å²) in [6.07, 6.45) is 4.68. The monoisotopic (exact) mass is 530 g/mol. The van der Waals surface area contributed by atoms with Crippen molar-refractivity contribution < 1.29 is 56.6 Å². The molecule has 0 heterocycles. The second-order valence-electron chi connectivity index (χ2n) is 5.03. The third-order valence-corrected chi connectivity index (χ3v) is 3.83. The molecule has 0 aliphatic carbocycles. The second kappa shape index (κ2) is 23.8. The third-order valence-electron chi connectivity index (χ3n) is 2.27. The van der Waals surface area contributed by atoms with E-state index in [0.717, 1.165) is 19.3 Å². The van der Waals surface area contributed by atoms with Gasteiger partial charge in [0.2, 0.25) is 0 Å². The number of hydrogen-bond acceptors (Lipinski definition) is 6. The Hall–Kier alpha value is 1.19. The van der Waals surface area contributed by atoms with Crippen LogP contribution in [0, 0.1) is 0 Å². The highest BCUT2D eigenvalue weighted by molar-refractivity contribution is 7.46. The van der Waals surface area contributed by atoms with Gasteiger partial charge < -0.3 is 29.4 Å². The molecule has 12 nitrogen and oxygen atoms in total. The molecule has 0 amide bonds. The van der Waals surface area contributed by atoms with Crippen LogP contribution in [0.25, 0.3) is 0 Å². The largest absolute Gasteiger partial charge is 0.469 e. The molecular weight excluding hydrogens is 491 g/mol. The van der Waals surface area contributed by atoms with Gasteiger partial charge >= 0.3 is 23.5 Å². The number of phosphoric ester groups is 3. The molecule has 0 saturated carbocycles. The molecule has 0 spiro atoms. The quantitative estimate of drug-likeness (QED) is 0.159. The molecule has 0 bridgehead atoms. The molecule has 0 aromatic rings. The molecule has 2 atom stereocenters. The van der Waals surface area contributed by atoms with Crippen LogP contribution in [0.4, 0.5) is 0 Å². The Kier molecular flexibility index (Phi) is 33.3. The van der Waals surface area contributed by atoms with Gasteiger partial charge in [0.05, 0.1) is 19.8 Å². The molecule has 0 fully saturated rings. The molecule has 184 valence electrons. The Labute approximate surface area is 179 Å². The number of hydrogen-bond donors (Lipinski definition) is 6. The summed E-state index contributed by atoms with van der Waals surface area (Å²) in [6, 6.07) is 0. The fourth-order valence-electron chi connectivity index (χ4n) is 0.983. The summed E-state index contributed by atoms with van der Waals surface area (Å²) in [5.41, 5.74) is 0. The van der Waals surface area contributed by atoms with Gasteiger partial charge in [-0.15, -0.1) is 0 Å². The Morgan fingerprint density at radius 3 is 0.793 bits per heavy atom. The molecule has 17 heteroatoms. The maximum atomic E-state index is 9.98. The van der Waals surface area contributed by atoms with E-state index < -0.39 is 23.5 Å². The van der Waals surface area contributed by atoms with E-state index in [1.54, 1.807) is 0 Å². The summed E-state index contributed by atoms with van der Waals surface area (Å²) in [5.74, 6) is 0. The van der Waals surface area contributed by atoms with Crippen molar-refractivity contribution in [1.29, 1.82) is 0 Å². The zero-order valence-corrected chi connectivity index (χ0v) is 22.8. The van der Waals surface area contributed by atoms with Crippen LogP contribution in [0.1, 0.15) is 59.3 Å². The summed E-state index contributed by atoms with van der Waals surface area (Å²) in [7, 11) is -12.6. The fourth-order valence-corrected chi connectivity index (χ4v) is 2.08. The van der Waals surface area contributed by atoms with Crippen LogP contribution >= 0.6 is 43.3 Å². The van der Waals surface area contributed by atoms with Crippen molar-refractivity contribution in [2.45, 2.75) is 59.3 Å². The first-order chi connectivity index (χ1) is 12.2. The average molecular weight is 530 g/mol. The van der Waals surface area contributed by atoms with Crippen LogP contribution in [0.2, 0.25) is 0 Å². The van der Waals surface area contributed by atoms with Gasteiger partial charge in [-0.25, -0.2) is 13.7 Å². The number of rotatable bonds is 12. The minimum absolute atomic E-state index is 0. The van der Waals surface area contributed by atoms with E-state index in [-0.39, 0.29) is 39.6 Å². The standard InChI is InChI=1S/3C4H11O4P.2H3P/c3*1-2-3-4-8-9(5,6)7;;/h3*2-4H2,1H3,(H2,5,6,7);2*1H3. The predicted octanol–water partition coefficient (Wildman–Crippen LogP) is 2.80. The SMILES string of the molecule is CCCCOP(=O)(O)O.CCCCOP(=O)(O)O.CCCCOP(=O)(O)O.P.P. The van der Waals surface area contributed by atoms with Gasteiger partial charge in [0.25, 0.3) is 0 Å². The van der Waals surface area contributed by atoms with Crippen molar-refractivity contribution in [3.63, 3.8) is 0 Å². The Bertz CT molecular complexity index is 394. The fraction of sp³-hybridized carbons (Fsp3) is 1.00. The number of unbranched alkanes of at least 4 members (excludes halogenated alkanes) is 3. The topological polar surface area (TPSA) is 200 Å². The van der Waals surface area contributed by atoms with E-state index in [1.165, 1.54) is 0 Å². The molecule has 29 heavy (non-hydrogen) atoms. The van der Waals surface area contributed by atoms with E-state index in [9.17, 15) is 13.7 Å². The summed E-state index contributed by atoms with van der Waals surface area (Å²) in [6.45, 7) is 6.18. The molecule has 0 saturated heterocycles. The summed E-state index contributed by atoms with van der Waals surface area (Å²) >= 11 is 0. The van der Waals surface area contributed by atoms with Gasteiger partial charge in [-0.2, -0.15) is 19.8 Å². The van der Waals surface area contributed by atoms with Crippen molar-refractivity contribution in [2.75, 3.05) is 19.8 Å². The lowest BCUT2D eigenvalue weighted by Gasteiger charge is -2.02. The number of phosphoric acid groups is 3. The maximum Gasteiger partial charge on any atom is 0.469 e. The molecule has 0 rings (SSSR count). The lowest BCUT2D eigenvalue weighted by molar-refractivity contribution is 0.193. The smallest absolute Gasteiger partial charge is 0.303 e. The van der Waals surface area contributed by atoms with Gasteiger partial charge in [0.15, 0.2) is 0 Å². The summed E-state index contributed by atoms with van der Waals surface area (Å²) in [4.78, 5) is 48.8. The van der Waals surface area contributed by atoms with E-state index in [4.69, 9.17) is 29.4 Å². The van der Waals surface area contributed by atoms with Crippen molar-refractivity contribution in [1.82, 2.24) is 0 Å². The van der Waals surface area contributed by atoms with Crippen LogP contribution in [-0.2, 0) is 27.3 Å². The molecule has 0 aliphatic rings. The first kappa shape index (κ1) is 40.5. The van der Waals surface area contributed by atoms with Gasteiger partial charge in [0, 0.05) is 0 Å². The van der Waals surface area contributed by atoms with Gasteiger partial charge in [-0.1, -0.05) is 40.0 Å². The highest BCUT2D eigenvalue weighted by Crippen LogP contribution is 2.36. The third kappa shape index (κ3) is 58.6. The maximum absolute atomic E-state index is 9.98. The van der Waals surface area contributed by atoms with E-state index >= 15 is 0 Å². The average Bonchev–Trinajstić information content (AvgIpc) is 2.46. The van der Waals surface area contributed by atoms with Gasteiger partial charge in [0.1, 0.15) is 0 Å². The molecule has 6 N–H and O–H groups in total. The Balaban J connectivity index is -0.0000000960. The summed E-state index contributed by atoms with van der Waals surface area (Å²) in [5, 5.41) is 0. The normalized spacial score (nSPS) is 11.1. The Morgan fingerprint density at radius 2 is 0.690 bits per heavy atom. The van der Waals surface area contributed by atoms with Crippen LogP contribution in [0.5, 0.6) is 0 Å². The van der Waals surface area contributed by atoms with E-state index in [0.29, 0.717) is 19.3 Å². The lowest BCUT2D eigenvalue weighted by Crippen LogP contribution is -1.90. The van der Waals surface area contributed by atoms with Crippen molar-refractivity contribution >= 4 is 43.3 Å². The highest BCUT2D eigenvalue weighted by Gasteiger charge is 2.12. The molecule has 0 aromatic heterocycles. The first-order valence-electron chi connectivity index (χ1n) is 8.28. The zero-order valence-electron chi connectivity index (χ0n) is 17.3. The van der Waals surface area contributed by atoms with Crippen molar-refractivity contribution in [3.8, 4) is 0 Å². The molecule has 0 aromatic carbocycles. The first-order valence-corrected chi connectivity index (χ1v) is 12.9. The van der Waals surface area contributed by atoms with Gasteiger partial charge in [-0.3, -0.25) is 13.6 Å². The zero-order chi connectivity index (χ0) is 22.0.